The predicted octanol–water partition coefficient (Wildman–Crippen LogP) is 3.76. The molecule has 0 radical (unpaired) electrons. The van der Waals surface area contributed by atoms with Crippen LogP contribution in [0.5, 0.6) is 0 Å². The van der Waals surface area contributed by atoms with Crippen LogP contribution in [-0.4, -0.2) is 30.1 Å². The van der Waals surface area contributed by atoms with Crippen LogP contribution >= 0.6 is 15.9 Å². The van der Waals surface area contributed by atoms with Gasteiger partial charge in [0, 0.05) is 10.0 Å². The molecule has 0 unspecified atom stereocenters. The van der Waals surface area contributed by atoms with Crippen molar-refractivity contribution >= 4 is 33.6 Å². The zero-order chi connectivity index (χ0) is 18.6. The topological polar surface area (TPSA) is 91.5 Å². The van der Waals surface area contributed by atoms with Gasteiger partial charge in [0.2, 0.25) is 0 Å². The third kappa shape index (κ3) is 3.82. The van der Waals surface area contributed by atoms with Crippen LogP contribution in [0, 0.1) is 6.92 Å². The van der Waals surface area contributed by atoms with Crippen LogP contribution in [0.2, 0.25) is 0 Å². The highest BCUT2D eigenvalue weighted by atomic mass is 79.9. The number of anilines is 1. The number of rotatable bonds is 5. The van der Waals surface area contributed by atoms with E-state index in [9.17, 15) is 9.59 Å². The molecule has 6 nitrogen and oxygen atoms in total. The van der Waals surface area contributed by atoms with Crippen molar-refractivity contribution in [1.82, 2.24) is 4.98 Å². The number of hydrogen-bond acceptors (Lipinski definition) is 6. The molecule has 0 saturated heterocycles. The van der Waals surface area contributed by atoms with E-state index in [1.807, 2.05) is 24.3 Å². The molecule has 0 atom stereocenters. The van der Waals surface area contributed by atoms with Gasteiger partial charge >= 0.3 is 11.9 Å². The summed E-state index contributed by atoms with van der Waals surface area (Å²) in [6, 6.07) is 7.39. The van der Waals surface area contributed by atoms with Gasteiger partial charge in [-0.1, -0.05) is 34.1 Å². The Labute approximate surface area is 154 Å². The molecule has 7 heteroatoms. The molecule has 0 fully saturated rings. The van der Waals surface area contributed by atoms with E-state index in [0.717, 1.165) is 10.0 Å². The SMILES string of the molecule is CCOC(=O)c1nc(C(=O)OCC)c(N)c(-c2ccccc2Br)c1C. The van der Waals surface area contributed by atoms with Gasteiger partial charge in [0.05, 0.1) is 18.9 Å². The third-order valence-electron chi connectivity index (χ3n) is 3.56. The minimum Gasteiger partial charge on any atom is -0.461 e. The Kier molecular flexibility index (Phi) is 6.14. The smallest absolute Gasteiger partial charge is 0.359 e. The van der Waals surface area contributed by atoms with Gasteiger partial charge in [0.15, 0.2) is 11.4 Å². The molecule has 1 aromatic carbocycles. The lowest BCUT2D eigenvalue weighted by Gasteiger charge is -2.17. The van der Waals surface area contributed by atoms with Crippen molar-refractivity contribution in [1.29, 1.82) is 0 Å². The summed E-state index contributed by atoms with van der Waals surface area (Å²) in [6.45, 7) is 5.48. The number of nitrogens with zero attached hydrogens (tertiary/aromatic N) is 1. The number of carbonyl (C=O) groups is 2. The summed E-state index contributed by atoms with van der Waals surface area (Å²) < 4.78 is 10.9. The number of benzene rings is 1. The molecule has 25 heavy (non-hydrogen) atoms. The number of ether oxygens (including phenoxy) is 2. The lowest BCUT2D eigenvalue weighted by Crippen LogP contribution is -2.18. The largest absolute Gasteiger partial charge is 0.461 e. The molecule has 0 bridgehead atoms. The Balaban J connectivity index is 2.78. The van der Waals surface area contributed by atoms with Crippen LogP contribution < -0.4 is 5.73 Å². The van der Waals surface area contributed by atoms with Crippen molar-refractivity contribution in [3.05, 3.63) is 45.7 Å². The highest BCUT2D eigenvalue weighted by Gasteiger charge is 2.26. The van der Waals surface area contributed by atoms with E-state index in [1.54, 1.807) is 20.8 Å². The van der Waals surface area contributed by atoms with Crippen molar-refractivity contribution in [2.75, 3.05) is 18.9 Å². The van der Waals surface area contributed by atoms with Crippen molar-refractivity contribution < 1.29 is 19.1 Å². The highest BCUT2D eigenvalue weighted by molar-refractivity contribution is 9.10. The third-order valence-corrected chi connectivity index (χ3v) is 4.25. The van der Waals surface area contributed by atoms with E-state index in [4.69, 9.17) is 15.2 Å². The van der Waals surface area contributed by atoms with Crippen LogP contribution in [0.1, 0.15) is 40.4 Å². The fourth-order valence-corrected chi connectivity index (χ4v) is 2.94. The Morgan fingerprint density at radius 1 is 1.08 bits per heavy atom. The zero-order valence-corrected chi connectivity index (χ0v) is 15.8. The van der Waals surface area contributed by atoms with E-state index in [1.165, 1.54) is 0 Å². The molecule has 132 valence electrons. The number of esters is 2. The molecule has 0 aliphatic heterocycles. The second kappa shape index (κ2) is 8.11. The van der Waals surface area contributed by atoms with E-state index in [-0.39, 0.29) is 30.3 Å². The maximum Gasteiger partial charge on any atom is 0.359 e. The van der Waals surface area contributed by atoms with Gasteiger partial charge in [-0.3, -0.25) is 0 Å². The van der Waals surface area contributed by atoms with Crippen LogP contribution in [0.25, 0.3) is 11.1 Å². The maximum atomic E-state index is 12.3. The molecule has 2 rings (SSSR count). The number of hydrogen-bond donors (Lipinski definition) is 1. The average molecular weight is 407 g/mol. The van der Waals surface area contributed by atoms with Gasteiger partial charge < -0.3 is 15.2 Å². The predicted molar refractivity (Wildman–Crippen MR) is 98.4 cm³/mol. The number of carbonyl (C=O) groups excluding carboxylic acids is 2. The van der Waals surface area contributed by atoms with Gasteiger partial charge in [-0.25, -0.2) is 14.6 Å². The summed E-state index contributed by atoms with van der Waals surface area (Å²) in [4.78, 5) is 28.7. The molecule has 2 aromatic rings. The highest BCUT2D eigenvalue weighted by Crippen LogP contribution is 2.37. The number of nitrogens with two attached hydrogens (primary N) is 1. The standard InChI is InChI=1S/C18H19BrN2O4/c1-4-24-17(22)15-10(3)13(11-8-6-7-9-12(11)19)14(20)16(21-15)18(23)25-5-2/h6-9H,4-5,20H2,1-3H3. The first-order valence-electron chi connectivity index (χ1n) is 7.81. The quantitative estimate of drug-likeness (QED) is 0.759. The molecule has 0 aliphatic rings. The number of pyridine rings is 1. The Morgan fingerprint density at radius 2 is 1.64 bits per heavy atom. The van der Waals surface area contributed by atoms with E-state index in [0.29, 0.717) is 11.1 Å². The average Bonchev–Trinajstić information content (AvgIpc) is 2.57. The fraction of sp³-hybridized carbons (Fsp3) is 0.278. The van der Waals surface area contributed by atoms with Crippen LogP contribution in [0.3, 0.4) is 0 Å². The molecule has 0 aliphatic carbocycles. The molecular weight excluding hydrogens is 388 g/mol. The van der Waals surface area contributed by atoms with Crippen molar-refractivity contribution in [2.24, 2.45) is 0 Å². The molecule has 2 N–H and O–H groups in total. The van der Waals surface area contributed by atoms with E-state index >= 15 is 0 Å². The Hall–Kier alpha value is -2.41. The lowest BCUT2D eigenvalue weighted by molar-refractivity contribution is 0.0512. The zero-order valence-electron chi connectivity index (χ0n) is 14.3. The summed E-state index contributed by atoms with van der Waals surface area (Å²) in [7, 11) is 0. The van der Waals surface area contributed by atoms with Gasteiger partial charge in [-0.15, -0.1) is 0 Å². The second-order valence-corrected chi connectivity index (χ2v) is 6.00. The van der Waals surface area contributed by atoms with E-state index in [2.05, 4.69) is 20.9 Å². The number of halogens is 1. The van der Waals surface area contributed by atoms with Crippen LogP contribution in [0.15, 0.2) is 28.7 Å². The van der Waals surface area contributed by atoms with Gasteiger partial charge in [0.25, 0.3) is 0 Å². The van der Waals surface area contributed by atoms with Gasteiger partial charge in [0.1, 0.15) is 0 Å². The van der Waals surface area contributed by atoms with Crippen LogP contribution in [-0.2, 0) is 9.47 Å². The molecule has 0 saturated carbocycles. The first-order valence-corrected chi connectivity index (χ1v) is 8.60. The summed E-state index contributed by atoms with van der Waals surface area (Å²) in [6.07, 6.45) is 0. The first kappa shape index (κ1) is 18.9. The summed E-state index contributed by atoms with van der Waals surface area (Å²) >= 11 is 3.48. The molecular formula is C18H19BrN2O4. The number of nitrogen functional groups attached to an aromatic ring is 1. The Bertz CT molecular complexity index is 779. The second-order valence-electron chi connectivity index (χ2n) is 5.14. The molecule has 0 spiro atoms. The fourth-order valence-electron chi connectivity index (χ4n) is 2.46. The molecule has 1 heterocycles. The maximum absolute atomic E-state index is 12.3. The normalized spacial score (nSPS) is 10.4. The van der Waals surface area contributed by atoms with Crippen molar-refractivity contribution in [3.63, 3.8) is 0 Å². The van der Waals surface area contributed by atoms with Gasteiger partial charge in [-0.2, -0.15) is 0 Å². The van der Waals surface area contributed by atoms with Gasteiger partial charge in [-0.05, 0) is 38.0 Å². The summed E-state index contributed by atoms with van der Waals surface area (Å²) in [5.74, 6) is -1.29. The van der Waals surface area contributed by atoms with E-state index < -0.39 is 11.9 Å². The minimum absolute atomic E-state index is 0.0462. The minimum atomic E-state index is -0.682. The Morgan fingerprint density at radius 3 is 2.20 bits per heavy atom. The van der Waals surface area contributed by atoms with Crippen molar-refractivity contribution in [3.8, 4) is 11.1 Å². The number of aromatic nitrogens is 1. The molecule has 0 amide bonds. The summed E-state index contributed by atoms with van der Waals surface area (Å²) in [5, 5.41) is 0. The van der Waals surface area contributed by atoms with Crippen LogP contribution in [0.4, 0.5) is 5.69 Å². The first-order chi connectivity index (χ1) is 11.9. The summed E-state index contributed by atoms with van der Waals surface area (Å²) in [5.41, 5.74) is 8.17. The monoisotopic (exact) mass is 406 g/mol. The van der Waals surface area contributed by atoms with Crippen molar-refractivity contribution in [2.45, 2.75) is 20.8 Å². The molecule has 1 aromatic heterocycles. The lowest BCUT2D eigenvalue weighted by atomic mass is 9.96.